The molecule has 0 saturated heterocycles. The summed E-state index contributed by atoms with van der Waals surface area (Å²) in [6.45, 7) is 6.27. The van der Waals surface area contributed by atoms with Gasteiger partial charge in [0.25, 0.3) is 0 Å². The molecule has 0 aromatic heterocycles. The molecular formula is C13H24O2. The second kappa shape index (κ2) is 5.53. The van der Waals surface area contributed by atoms with Crippen molar-refractivity contribution in [2.45, 2.75) is 71.3 Å². The fraction of sp³-hybridized carbons (Fsp3) is 0.923. The third kappa shape index (κ3) is 3.51. The molecule has 0 radical (unpaired) electrons. The molecule has 0 aromatic rings. The second-order valence-corrected chi connectivity index (χ2v) is 4.97. The highest BCUT2D eigenvalue weighted by Crippen LogP contribution is 2.33. The summed E-state index contributed by atoms with van der Waals surface area (Å²) in [7, 11) is 0. The predicted octanol–water partition coefficient (Wildman–Crippen LogP) is 3.69. The van der Waals surface area contributed by atoms with Crippen molar-refractivity contribution < 1.29 is 9.53 Å². The first kappa shape index (κ1) is 12.5. The maximum atomic E-state index is 11.9. The molecule has 0 bridgehead atoms. The van der Waals surface area contributed by atoms with Gasteiger partial charge in [0.15, 0.2) is 0 Å². The maximum absolute atomic E-state index is 11.9. The Bertz CT molecular complexity index is 205. The van der Waals surface area contributed by atoms with Crippen LogP contribution in [0.1, 0.15) is 65.7 Å². The van der Waals surface area contributed by atoms with Gasteiger partial charge in [0.1, 0.15) is 5.60 Å². The van der Waals surface area contributed by atoms with Crippen LogP contribution in [0.25, 0.3) is 0 Å². The minimum absolute atomic E-state index is 0.0313. The van der Waals surface area contributed by atoms with Gasteiger partial charge in [-0.2, -0.15) is 0 Å². The highest BCUT2D eigenvalue weighted by Gasteiger charge is 2.34. The fourth-order valence-corrected chi connectivity index (χ4v) is 2.39. The van der Waals surface area contributed by atoms with E-state index in [-0.39, 0.29) is 17.5 Å². The summed E-state index contributed by atoms with van der Waals surface area (Å²) in [6.07, 6.45) is 7.42. The highest BCUT2D eigenvalue weighted by molar-refractivity contribution is 5.72. The number of rotatable bonds is 5. The van der Waals surface area contributed by atoms with Gasteiger partial charge in [-0.15, -0.1) is 0 Å². The number of esters is 1. The molecule has 0 amide bonds. The number of hydrogen-bond donors (Lipinski definition) is 0. The zero-order valence-corrected chi connectivity index (χ0v) is 10.3. The monoisotopic (exact) mass is 212 g/mol. The first-order valence-corrected chi connectivity index (χ1v) is 6.34. The van der Waals surface area contributed by atoms with Crippen LogP contribution in [0.3, 0.4) is 0 Å². The lowest BCUT2D eigenvalue weighted by atomic mass is 10.00. The topological polar surface area (TPSA) is 26.3 Å². The molecule has 1 fully saturated rings. The Hall–Kier alpha value is -0.530. The Balaban J connectivity index is 2.45. The molecule has 1 aliphatic carbocycles. The smallest absolute Gasteiger partial charge is 0.309 e. The lowest BCUT2D eigenvalue weighted by molar-refractivity contribution is -0.163. The molecule has 0 N–H and O–H groups in total. The van der Waals surface area contributed by atoms with E-state index in [0.717, 1.165) is 32.1 Å². The zero-order valence-electron chi connectivity index (χ0n) is 10.3. The lowest BCUT2D eigenvalue weighted by Gasteiger charge is -2.26. The number of carbonyl (C=O) groups excluding carboxylic acids is 1. The number of carbonyl (C=O) groups is 1. The van der Waals surface area contributed by atoms with Crippen LogP contribution in [0, 0.1) is 5.92 Å². The first-order valence-electron chi connectivity index (χ1n) is 6.34. The van der Waals surface area contributed by atoms with Gasteiger partial charge < -0.3 is 4.74 Å². The standard InChI is InChI=1S/C13H24O2/c1-4-8-11(5-2)12(14)15-13(3)9-6-7-10-13/h11H,4-10H2,1-3H3. The van der Waals surface area contributed by atoms with Crippen LogP contribution in [-0.4, -0.2) is 11.6 Å². The van der Waals surface area contributed by atoms with E-state index < -0.39 is 0 Å². The van der Waals surface area contributed by atoms with Crippen LogP contribution in [0.4, 0.5) is 0 Å². The van der Waals surface area contributed by atoms with E-state index in [2.05, 4.69) is 20.8 Å². The van der Waals surface area contributed by atoms with Crippen LogP contribution >= 0.6 is 0 Å². The number of hydrogen-bond acceptors (Lipinski definition) is 2. The van der Waals surface area contributed by atoms with Crippen LogP contribution in [-0.2, 0) is 9.53 Å². The highest BCUT2D eigenvalue weighted by atomic mass is 16.6. The number of ether oxygens (including phenoxy) is 1. The van der Waals surface area contributed by atoms with E-state index in [1.807, 2.05) is 0 Å². The van der Waals surface area contributed by atoms with Crippen LogP contribution in [0.2, 0.25) is 0 Å². The van der Waals surface area contributed by atoms with Crippen molar-refractivity contribution in [2.75, 3.05) is 0 Å². The molecule has 1 unspecified atom stereocenters. The van der Waals surface area contributed by atoms with Crippen LogP contribution < -0.4 is 0 Å². The molecule has 1 rings (SSSR count). The molecule has 1 atom stereocenters. The van der Waals surface area contributed by atoms with Crippen LogP contribution in [0.15, 0.2) is 0 Å². The summed E-state index contributed by atoms with van der Waals surface area (Å²) in [6, 6.07) is 0. The predicted molar refractivity (Wildman–Crippen MR) is 61.7 cm³/mol. The van der Waals surface area contributed by atoms with Crippen molar-refractivity contribution in [3.05, 3.63) is 0 Å². The molecule has 1 aliphatic rings. The Morgan fingerprint density at radius 3 is 2.40 bits per heavy atom. The van der Waals surface area contributed by atoms with Crippen molar-refractivity contribution in [2.24, 2.45) is 5.92 Å². The molecule has 88 valence electrons. The molecule has 2 heteroatoms. The Morgan fingerprint density at radius 1 is 1.33 bits per heavy atom. The summed E-state index contributed by atoms with van der Waals surface area (Å²) in [5.74, 6) is 0.149. The van der Waals surface area contributed by atoms with E-state index in [4.69, 9.17) is 4.74 Å². The van der Waals surface area contributed by atoms with Gasteiger partial charge >= 0.3 is 5.97 Å². The third-order valence-corrected chi connectivity index (χ3v) is 3.47. The van der Waals surface area contributed by atoms with E-state index in [0.29, 0.717) is 0 Å². The quantitative estimate of drug-likeness (QED) is 0.650. The molecule has 0 aromatic carbocycles. The van der Waals surface area contributed by atoms with Gasteiger partial charge in [-0.3, -0.25) is 4.79 Å². The van der Waals surface area contributed by atoms with Gasteiger partial charge in [0.05, 0.1) is 5.92 Å². The van der Waals surface area contributed by atoms with Gasteiger partial charge in [-0.25, -0.2) is 0 Å². The van der Waals surface area contributed by atoms with Crippen molar-refractivity contribution in [3.8, 4) is 0 Å². The van der Waals surface area contributed by atoms with E-state index in [1.165, 1.54) is 12.8 Å². The molecule has 0 aliphatic heterocycles. The molecule has 2 nitrogen and oxygen atoms in total. The van der Waals surface area contributed by atoms with Crippen molar-refractivity contribution in [1.29, 1.82) is 0 Å². The van der Waals surface area contributed by atoms with Gasteiger partial charge in [-0.05, 0) is 45.4 Å². The summed E-state index contributed by atoms with van der Waals surface area (Å²) < 4.78 is 5.67. The largest absolute Gasteiger partial charge is 0.459 e. The zero-order chi connectivity index (χ0) is 11.3. The minimum Gasteiger partial charge on any atom is -0.459 e. The fourth-order valence-electron chi connectivity index (χ4n) is 2.39. The minimum atomic E-state index is -0.155. The average Bonchev–Trinajstić information content (AvgIpc) is 2.60. The molecule has 0 spiro atoms. The van der Waals surface area contributed by atoms with E-state index in [9.17, 15) is 4.79 Å². The third-order valence-electron chi connectivity index (χ3n) is 3.47. The Morgan fingerprint density at radius 2 is 1.93 bits per heavy atom. The van der Waals surface area contributed by atoms with E-state index >= 15 is 0 Å². The van der Waals surface area contributed by atoms with Crippen molar-refractivity contribution in [3.63, 3.8) is 0 Å². The maximum Gasteiger partial charge on any atom is 0.309 e. The summed E-state index contributed by atoms with van der Waals surface area (Å²) in [4.78, 5) is 11.9. The summed E-state index contributed by atoms with van der Waals surface area (Å²) in [5.41, 5.74) is -0.155. The van der Waals surface area contributed by atoms with Crippen molar-refractivity contribution in [1.82, 2.24) is 0 Å². The van der Waals surface area contributed by atoms with Crippen molar-refractivity contribution >= 4 is 5.97 Å². The Labute approximate surface area is 93.4 Å². The summed E-state index contributed by atoms with van der Waals surface area (Å²) in [5, 5.41) is 0. The van der Waals surface area contributed by atoms with Gasteiger partial charge in [0.2, 0.25) is 0 Å². The lowest BCUT2D eigenvalue weighted by Crippen LogP contribution is -2.31. The first-order chi connectivity index (χ1) is 7.11. The van der Waals surface area contributed by atoms with Gasteiger partial charge in [-0.1, -0.05) is 20.3 Å². The molecule has 1 saturated carbocycles. The second-order valence-electron chi connectivity index (χ2n) is 4.97. The van der Waals surface area contributed by atoms with E-state index in [1.54, 1.807) is 0 Å². The average molecular weight is 212 g/mol. The van der Waals surface area contributed by atoms with Gasteiger partial charge in [0, 0.05) is 0 Å². The summed E-state index contributed by atoms with van der Waals surface area (Å²) >= 11 is 0. The Kier molecular flexibility index (Phi) is 4.62. The SMILES string of the molecule is CCCC(CC)C(=O)OC1(C)CCCC1. The molecular weight excluding hydrogens is 188 g/mol. The van der Waals surface area contributed by atoms with Crippen LogP contribution in [0.5, 0.6) is 0 Å². The molecule has 15 heavy (non-hydrogen) atoms. The normalized spacial score (nSPS) is 21.3. The molecule has 0 heterocycles.